The number of hydrogen-bond donors (Lipinski definition) is 2. The molecule has 0 radical (unpaired) electrons. The van der Waals surface area contributed by atoms with Crippen LogP contribution in [0.4, 0.5) is 11.4 Å². The van der Waals surface area contributed by atoms with E-state index in [-0.39, 0.29) is 17.5 Å². The maximum Gasteiger partial charge on any atom is 0.276 e. The van der Waals surface area contributed by atoms with Crippen molar-refractivity contribution < 1.29 is 9.59 Å². The van der Waals surface area contributed by atoms with Crippen LogP contribution in [0.1, 0.15) is 32.2 Å². The zero-order valence-corrected chi connectivity index (χ0v) is 15.2. The summed E-state index contributed by atoms with van der Waals surface area (Å²) in [7, 11) is 5.18. The van der Waals surface area contributed by atoms with E-state index in [1.54, 1.807) is 43.6 Å². The van der Waals surface area contributed by atoms with Gasteiger partial charge in [-0.25, -0.2) is 0 Å². The van der Waals surface area contributed by atoms with E-state index < -0.39 is 0 Å². The normalized spacial score (nSPS) is 10.8. The van der Waals surface area contributed by atoms with E-state index in [0.29, 0.717) is 16.9 Å². The second-order valence-electron chi connectivity index (χ2n) is 5.97. The molecule has 0 bridgehead atoms. The van der Waals surface area contributed by atoms with Crippen LogP contribution in [0.3, 0.4) is 0 Å². The average molecular weight is 356 g/mol. The summed E-state index contributed by atoms with van der Waals surface area (Å²) in [6, 6.07) is 0. The van der Waals surface area contributed by atoms with Crippen LogP contribution >= 0.6 is 0 Å². The molecule has 3 aromatic rings. The van der Waals surface area contributed by atoms with Crippen molar-refractivity contribution in [3.63, 3.8) is 0 Å². The lowest BCUT2D eigenvalue weighted by Gasteiger charge is -2.08. The number of aromatic nitrogens is 6. The average Bonchev–Trinajstić information content (AvgIpc) is 3.22. The Labute approximate surface area is 149 Å². The third-order valence-electron chi connectivity index (χ3n) is 4.37. The van der Waals surface area contributed by atoms with Gasteiger partial charge in [0, 0.05) is 26.8 Å². The molecule has 2 amide bonds. The summed E-state index contributed by atoms with van der Waals surface area (Å²) in [5.74, 6) is -0.741. The van der Waals surface area contributed by atoms with Crippen molar-refractivity contribution >= 4 is 23.2 Å². The van der Waals surface area contributed by atoms with Gasteiger partial charge in [-0.05, 0) is 13.8 Å². The number of anilines is 2. The molecule has 0 aliphatic carbocycles. The summed E-state index contributed by atoms with van der Waals surface area (Å²) in [4.78, 5) is 25.2. The fraction of sp³-hybridized carbons (Fsp3) is 0.312. The molecule has 3 heterocycles. The first-order valence-electron chi connectivity index (χ1n) is 7.91. The summed E-state index contributed by atoms with van der Waals surface area (Å²) < 4.78 is 4.68. The van der Waals surface area contributed by atoms with Crippen LogP contribution in [0, 0.1) is 13.8 Å². The molecule has 10 nitrogen and oxygen atoms in total. The fourth-order valence-electron chi connectivity index (χ4n) is 2.51. The van der Waals surface area contributed by atoms with E-state index >= 15 is 0 Å². The monoisotopic (exact) mass is 356 g/mol. The van der Waals surface area contributed by atoms with Gasteiger partial charge in [0.25, 0.3) is 11.8 Å². The van der Waals surface area contributed by atoms with Crippen LogP contribution in [0.2, 0.25) is 0 Å². The first kappa shape index (κ1) is 17.4. The molecule has 0 unspecified atom stereocenters. The molecule has 0 saturated heterocycles. The molecule has 0 aromatic carbocycles. The maximum atomic E-state index is 12.7. The summed E-state index contributed by atoms with van der Waals surface area (Å²) >= 11 is 0. The topological polar surface area (TPSA) is 112 Å². The van der Waals surface area contributed by atoms with Gasteiger partial charge in [-0.1, -0.05) is 0 Å². The lowest BCUT2D eigenvalue weighted by atomic mass is 10.2. The Kier molecular flexibility index (Phi) is 4.33. The minimum atomic E-state index is -0.390. The number of nitrogens with one attached hydrogen (secondary N) is 2. The summed E-state index contributed by atoms with van der Waals surface area (Å²) in [6.07, 6.45) is 4.50. The van der Waals surface area contributed by atoms with Crippen molar-refractivity contribution in [2.75, 3.05) is 10.6 Å². The van der Waals surface area contributed by atoms with Crippen LogP contribution in [-0.2, 0) is 21.1 Å². The SMILES string of the molecule is Cc1c(NC(=O)c2c(NC(=O)c3cnn(C)c3C)cnn2C)cnn1C. The smallest absolute Gasteiger partial charge is 0.276 e. The van der Waals surface area contributed by atoms with E-state index in [1.165, 1.54) is 17.1 Å². The predicted molar refractivity (Wildman–Crippen MR) is 95.0 cm³/mol. The van der Waals surface area contributed by atoms with Gasteiger partial charge in [0.1, 0.15) is 5.69 Å². The highest BCUT2D eigenvalue weighted by molar-refractivity contribution is 6.11. The molecular weight excluding hydrogens is 336 g/mol. The molecule has 0 saturated carbocycles. The van der Waals surface area contributed by atoms with Gasteiger partial charge < -0.3 is 10.6 Å². The number of hydrogen-bond acceptors (Lipinski definition) is 5. The molecule has 0 fully saturated rings. The molecule has 2 N–H and O–H groups in total. The van der Waals surface area contributed by atoms with Gasteiger partial charge >= 0.3 is 0 Å². The van der Waals surface area contributed by atoms with E-state index in [2.05, 4.69) is 25.9 Å². The number of rotatable bonds is 4. The number of carbonyl (C=O) groups is 2. The highest BCUT2D eigenvalue weighted by Gasteiger charge is 2.22. The Balaban J connectivity index is 1.84. The van der Waals surface area contributed by atoms with Crippen LogP contribution in [0.5, 0.6) is 0 Å². The van der Waals surface area contributed by atoms with Crippen LogP contribution in [0.15, 0.2) is 18.6 Å². The zero-order valence-electron chi connectivity index (χ0n) is 15.2. The largest absolute Gasteiger partial charge is 0.318 e. The highest BCUT2D eigenvalue weighted by Crippen LogP contribution is 2.20. The molecule has 0 aliphatic rings. The standard InChI is InChI=1S/C16H20N8O2/c1-9-11(6-17-22(9)3)15(25)21-13-8-19-24(5)14(13)16(26)20-12-7-18-23(4)10(12)2/h6-8H,1-5H3,(H,20,26)(H,21,25). The molecule has 3 aromatic heterocycles. The van der Waals surface area contributed by atoms with E-state index in [9.17, 15) is 9.59 Å². The van der Waals surface area contributed by atoms with Crippen molar-refractivity contribution in [3.8, 4) is 0 Å². The van der Waals surface area contributed by atoms with E-state index in [1.807, 2.05) is 6.92 Å². The van der Waals surface area contributed by atoms with Crippen molar-refractivity contribution in [3.05, 3.63) is 41.2 Å². The summed E-state index contributed by atoms with van der Waals surface area (Å²) in [6.45, 7) is 3.64. The first-order valence-corrected chi connectivity index (χ1v) is 7.91. The number of amides is 2. The number of aryl methyl sites for hydroxylation is 3. The van der Waals surface area contributed by atoms with Gasteiger partial charge in [0.2, 0.25) is 0 Å². The minimum absolute atomic E-state index is 0.239. The van der Waals surface area contributed by atoms with Gasteiger partial charge in [-0.3, -0.25) is 23.6 Å². The number of carbonyl (C=O) groups excluding carboxylic acids is 2. The summed E-state index contributed by atoms with van der Waals surface area (Å²) in [5, 5.41) is 17.8. The van der Waals surface area contributed by atoms with Crippen molar-refractivity contribution in [1.29, 1.82) is 0 Å². The second kappa shape index (κ2) is 6.47. The van der Waals surface area contributed by atoms with Crippen LogP contribution in [-0.4, -0.2) is 41.2 Å². The Morgan fingerprint density at radius 2 is 1.31 bits per heavy atom. The van der Waals surface area contributed by atoms with E-state index in [4.69, 9.17) is 0 Å². The number of nitrogens with zero attached hydrogens (tertiary/aromatic N) is 6. The Bertz CT molecular complexity index is 994. The molecule has 136 valence electrons. The summed E-state index contributed by atoms with van der Waals surface area (Å²) in [5.41, 5.74) is 3.13. The van der Waals surface area contributed by atoms with Crippen molar-refractivity contribution in [2.45, 2.75) is 13.8 Å². The van der Waals surface area contributed by atoms with Crippen molar-refractivity contribution in [2.24, 2.45) is 21.1 Å². The van der Waals surface area contributed by atoms with Gasteiger partial charge in [-0.15, -0.1) is 0 Å². The van der Waals surface area contributed by atoms with Crippen molar-refractivity contribution in [1.82, 2.24) is 29.3 Å². The Morgan fingerprint density at radius 3 is 1.88 bits per heavy atom. The fourth-order valence-corrected chi connectivity index (χ4v) is 2.51. The molecule has 0 atom stereocenters. The Morgan fingerprint density at radius 1 is 0.769 bits per heavy atom. The molecular formula is C16H20N8O2. The molecule has 26 heavy (non-hydrogen) atoms. The second-order valence-corrected chi connectivity index (χ2v) is 5.97. The minimum Gasteiger partial charge on any atom is -0.318 e. The Hall–Kier alpha value is -3.43. The maximum absolute atomic E-state index is 12.7. The predicted octanol–water partition coefficient (Wildman–Crippen LogP) is 1.01. The molecule has 0 aliphatic heterocycles. The van der Waals surface area contributed by atoms with Gasteiger partial charge in [-0.2, -0.15) is 15.3 Å². The third kappa shape index (κ3) is 2.96. The van der Waals surface area contributed by atoms with Crippen LogP contribution < -0.4 is 10.6 Å². The molecule has 10 heteroatoms. The quantitative estimate of drug-likeness (QED) is 0.724. The van der Waals surface area contributed by atoms with E-state index in [0.717, 1.165) is 11.4 Å². The lowest BCUT2D eigenvalue weighted by molar-refractivity contribution is 0.101. The zero-order chi connectivity index (χ0) is 19.0. The van der Waals surface area contributed by atoms with Gasteiger partial charge in [0.15, 0.2) is 0 Å². The van der Waals surface area contributed by atoms with Crippen LogP contribution in [0.25, 0.3) is 0 Å². The third-order valence-corrected chi connectivity index (χ3v) is 4.37. The highest BCUT2D eigenvalue weighted by atomic mass is 16.2. The first-order chi connectivity index (χ1) is 12.3. The molecule has 3 rings (SSSR count). The van der Waals surface area contributed by atoms with Gasteiger partial charge in [0.05, 0.1) is 41.2 Å². The molecule has 0 spiro atoms. The lowest BCUT2D eigenvalue weighted by Crippen LogP contribution is -2.20.